The first kappa shape index (κ1) is 20.3. The molecule has 2 heterocycles. The van der Waals surface area contributed by atoms with Gasteiger partial charge in [-0.3, -0.25) is 10.1 Å². The van der Waals surface area contributed by atoms with Crippen molar-refractivity contribution in [2.45, 2.75) is 0 Å². The van der Waals surface area contributed by atoms with Crippen LogP contribution in [0, 0.1) is 0 Å². The predicted molar refractivity (Wildman–Crippen MR) is 126 cm³/mol. The number of carbonyl (C=O) groups excluding carboxylic acids is 1. The van der Waals surface area contributed by atoms with E-state index in [1.165, 1.54) is 0 Å². The molecule has 32 heavy (non-hydrogen) atoms. The number of halogens is 1. The van der Waals surface area contributed by atoms with Gasteiger partial charge >= 0.3 is 0 Å². The summed E-state index contributed by atoms with van der Waals surface area (Å²) < 4.78 is 16.8. The Morgan fingerprint density at radius 3 is 2.72 bits per heavy atom. The van der Waals surface area contributed by atoms with Crippen LogP contribution >= 0.6 is 23.8 Å². The van der Waals surface area contributed by atoms with Gasteiger partial charge in [-0.25, -0.2) is 4.98 Å². The van der Waals surface area contributed by atoms with Crippen LogP contribution in [-0.2, 0) is 0 Å². The summed E-state index contributed by atoms with van der Waals surface area (Å²) in [6, 6.07) is 17.6. The molecule has 0 spiro atoms. The van der Waals surface area contributed by atoms with E-state index in [0.29, 0.717) is 58.0 Å². The lowest BCUT2D eigenvalue weighted by atomic mass is 10.2. The standard InChI is InChI=1S/C23H16ClN3O4S/c24-15-5-7-18-17(12-15)26-22(31-18)14-2-1-3-16(10-14)25-23(32)27-21(28)13-4-6-19-20(11-13)30-9-8-29-19/h1-7,10-12H,8-9H2,(H2,25,27,28,32). The number of amides is 1. The number of anilines is 1. The third kappa shape index (κ3) is 4.23. The number of benzene rings is 3. The van der Waals surface area contributed by atoms with Crippen molar-refractivity contribution in [3.63, 3.8) is 0 Å². The highest BCUT2D eigenvalue weighted by atomic mass is 35.5. The molecule has 1 aromatic heterocycles. The molecule has 3 aromatic carbocycles. The zero-order chi connectivity index (χ0) is 22.1. The van der Waals surface area contributed by atoms with Crippen molar-refractivity contribution in [1.82, 2.24) is 10.3 Å². The van der Waals surface area contributed by atoms with E-state index in [-0.39, 0.29) is 11.0 Å². The van der Waals surface area contributed by atoms with Crippen LogP contribution in [0.5, 0.6) is 11.5 Å². The van der Waals surface area contributed by atoms with Gasteiger partial charge in [0.15, 0.2) is 22.2 Å². The van der Waals surface area contributed by atoms with E-state index in [1.54, 1.807) is 36.4 Å². The van der Waals surface area contributed by atoms with Crippen LogP contribution in [0.15, 0.2) is 65.1 Å². The van der Waals surface area contributed by atoms with E-state index in [0.717, 1.165) is 5.56 Å². The van der Waals surface area contributed by atoms with Crippen LogP contribution in [0.25, 0.3) is 22.6 Å². The number of aromatic nitrogens is 1. The molecule has 1 amide bonds. The number of thiocarbonyl (C=S) groups is 1. The van der Waals surface area contributed by atoms with E-state index in [1.807, 2.05) is 24.3 Å². The van der Waals surface area contributed by atoms with Crippen LogP contribution in [0.3, 0.4) is 0 Å². The SMILES string of the molecule is O=C(NC(=S)Nc1cccc(-c2nc3cc(Cl)ccc3o2)c1)c1ccc2c(c1)OCCO2. The van der Waals surface area contributed by atoms with Gasteiger partial charge in [0, 0.05) is 21.8 Å². The summed E-state index contributed by atoms with van der Waals surface area (Å²) in [6.45, 7) is 0.935. The van der Waals surface area contributed by atoms with Crippen molar-refractivity contribution in [3.8, 4) is 23.0 Å². The van der Waals surface area contributed by atoms with Crippen molar-refractivity contribution in [1.29, 1.82) is 0 Å². The minimum absolute atomic E-state index is 0.159. The maximum atomic E-state index is 12.6. The molecule has 0 fully saturated rings. The van der Waals surface area contributed by atoms with Gasteiger partial charge in [-0.2, -0.15) is 0 Å². The molecule has 160 valence electrons. The van der Waals surface area contributed by atoms with E-state index in [9.17, 15) is 4.79 Å². The van der Waals surface area contributed by atoms with Crippen molar-refractivity contribution < 1.29 is 18.7 Å². The van der Waals surface area contributed by atoms with E-state index < -0.39 is 0 Å². The molecule has 0 saturated heterocycles. The summed E-state index contributed by atoms with van der Waals surface area (Å²) in [5.41, 5.74) is 3.16. The first-order valence-corrected chi connectivity index (χ1v) is 10.5. The molecule has 5 rings (SSSR count). The Labute approximate surface area is 193 Å². The fraction of sp³-hybridized carbons (Fsp3) is 0.0870. The normalized spacial score (nSPS) is 12.4. The van der Waals surface area contributed by atoms with Gasteiger partial charge in [-0.1, -0.05) is 17.7 Å². The summed E-state index contributed by atoms with van der Waals surface area (Å²) in [5.74, 6) is 1.26. The Morgan fingerprint density at radius 1 is 1.00 bits per heavy atom. The first-order valence-electron chi connectivity index (χ1n) is 9.74. The van der Waals surface area contributed by atoms with E-state index in [2.05, 4.69) is 15.6 Å². The van der Waals surface area contributed by atoms with Crippen molar-refractivity contribution >= 4 is 51.6 Å². The Kier molecular flexibility index (Phi) is 5.38. The fourth-order valence-corrected chi connectivity index (χ4v) is 3.65. The van der Waals surface area contributed by atoms with Gasteiger partial charge in [-0.15, -0.1) is 0 Å². The average molecular weight is 466 g/mol. The number of nitrogens with zero attached hydrogens (tertiary/aromatic N) is 1. The highest BCUT2D eigenvalue weighted by molar-refractivity contribution is 7.80. The highest BCUT2D eigenvalue weighted by Gasteiger charge is 2.16. The Morgan fingerprint density at radius 2 is 1.84 bits per heavy atom. The smallest absolute Gasteiger partial charge is 0.257 e. The predicted octanol–water partition coefficient (Wildman–Crippen LogP) is 5.05. The summed E-state index contributed by atoms with van der Waals surface area (Å²) in [4.78, 5) is 17.1. The lowest BCUT2D eigenvalue weighted by Crippen LogP contribution is -2.34. The van der Waals surface area contributed by atoms with Crippen LogP contribution in [0.1, 0.15) is 10.4 Å². The van der Waals surface area contributed by atoms with Crippen molar-refractivity contribution in [2.75, 3.05) is 18.5 Å². The van der Waals surface area contributed by atoms with Crippen LogP contribution < -0.4 is 20.1 Å². The highest BCUT2D eigenvalue weighted by Crippen LogP contribution is 2.31. The number of hydrogen-bond donors (Lipinski definition) is 2. The molecule has 0 saturated carbocycles. The molecule has 0 radical (unpaired) electrons. The van der Waals surface area contributed by atoms with Gasteiger partial charge in [0.1, 0.15) is 18.7 Å². The zero-order valence-electron chi connectivity index (χ0n) is 16.6. The van der Waals surface area contributed by atoms with Gasteiger partial charge in [0.05, 0.1) is 0 Å². The molecule has 0 atom stereocenters. The van der Waals surface area contributed by atoms with Crippen molar-refractivity contribution in [2.24, 2.45) is 0 Å². The van der Waals surface area contributed by atoms with Crippen LogP contribution in [-0.4, -0.2) is 29.2 Å². The van der Waals surface area contributed by atoms with Crippen molar-refractivity contribution in [3.05, 3.63) is 71.2 Å². The third-order valence-electron chi connectivity index (χ3n) is 4.75. The van der Waals surface area contributed by atoms with Gasteiger partial charge < -0.3 is 19.2 Å². The molecule has 1 aliphatic heterocycles. The molecular weight excluding hydrogens is 450 g/mol. The molecule has 2 N–H and O–H groups in total. The topological polar surface area (TPSA) is 85.6 Å². The Bertz CT molecular complexity index is 1350. The second kappa shape index (κ2) is 8.49. The molecule has 1 aliphatic rings. The number of fused-ring (bicyclic) bond motifs is 2. The number of ether oxygens (including phenoxy) is 2. The van der Waals surface area contributed by atoms with Gasteiger partial charge in [0.25, 0.3) is 5.91 Å². The lowest BCUT2D eigenvalue weighted by Gasteiger charge is -2.18. The fourth-order valence-electron chi connectivity index (χ4n) is 3.28. The summed E-state index contributed by atoms with van der Waals surface area (Å²) in [7, 11) is 0. The molecule has 4 aromatic rings. The molecule has 0 aliphatic carbocycles. The average Bonchev–Trinajstić information content (AvgIpc) is 3.22. The molecule has 9 heteroatoms. The molecular formula is C23H16ClN3O4S. The summed E-state index contributed by atoms with van der Waals surface area (Å²) >= 11 is 11.3. The number of carbonyl (C=O) groups is 1. The van der Waals surface area contributed by atoms with Crippen LogP contribution in [0.2, 0.25) is 5.02 Å². The summed E-state index contributed by atoms with van der Waals surface area (Å²) in [6.07, 6.45) is 0. The lowest BCUT2D eigenvalue weighted by molar-refractivity contribution is 0.0976. The van der Waals surface area contributed by atoms with Crippen LogP contribution in [0.4, 0.5) is 5.69 Å². The maximum absolute atomic E-state index is 12.6. The second-order valence-corrected chi connectivity index (χ2v) is 7.82. The number of hydrogen-bond acceptors (Lipinski definition) is 6. The summed E-state index contributed by atoms with van der Waals surface area (Å²) in [5, 5.41) is 6.43. The quantitative estimate of drug-likeness (QED) is 0.409. The minimum atomic E-state index is -0.355. The number of nitrogens with one attached hydrogen (secondary N) is 2. The monoisotopic (exact) mass is 465 g/mol. The first-order chi connectivity index (χ1) is 15.5. The largest absolute Gasteiger partial charge is 0.486 e. The minimum Gasteiger partial charge on any atom is -0.486 e. The zero-order valence-corrected chi connectivity index (χ0v) is 18.1. The second-order valence-electron chi connectivity index (χ2n) is 6.98. The Balaban J connectivity index is 1.29. The molecule has 7 nitrogen and oxygen atoms in total. The number of oxazole rings is 1. The molecule has 0 bridgehead atoms. The Hall–Kier alpha value is -3.62. The maximum Gasteiger partial charge on any atom is 0.257 e. The van der Waals surface area contributed by atoms with Gasteiger partial charge in [0.2, 0.25) is 5.89 Å². The number of rotatable bonds is 3. The van der Waals surface area contributed by atoms with E-state index >= 15 is 0 Å². The molecule has 0 unspecified atom stereocenters. The van der Waals surface area contributed by atoms with Gasteiger partial charge in [-0.05, 0) is 66.8 Å². The van der Waals surface area contributed by atoms with E-state index in [4.69, 9.17) is 37.7 Å². The third-order valence-corrected chi connectivity index (χ3v) is 5.19.